The molecule has 5 nitrogen and oxygen atoms in total. The Bertz CT molecular complexity index is 855. The quantitative estimate of drug-likeness (QED) is 0.124. The second-order valence-corrected chi connectivity index (χ2v) is 8.16. The highest BCUT2D eigenvalue weighted by Crippen LogP contribution is 2.21. The van der Waals surface area contributed by atoms with Crippen LogP contribution in [-0.2, 0) is 4.79 Å². The lowest BCUT2D eigenvalue weighted by Crippen LogP contribution is -2.16. The van der Waals surface area contributed by atoms with Gasteiger partial charge in [-0.2, -0.15) is 0 Å². The molecule has 2 rings (SSSR count). The van der Waals surface area contributed by atoms with Gasteiger partial charge in [0.05, 0.1) is 18.1 Å². The first-order chi connectivity index (χ1) is 16.0. The predicted octanol–water partition coefficient (Wildman–Crippen LogP) is 7.15. The Balaban J connectivity index is 1.71. The zero-order valence-corrected chi connectivity index (χ0v) is 19.9. The molecule has 0 aliphatic rings. The molecular formula is C28H36O5. The van der Waals surface area contributed by atoms with Crippen LogP contribution in [-0.4, -0.2) is 18.5 Å². The first kappa shape index (κ1) is 26.2. The minimum atomic E-state index is -0.456. The number of hydrogen-bond donors (Lipinski definition) is 0. The number of rotatable bonds is 15. The molecule has 0 N–H and O–H groups in total. The van der Waals surface area contributed by atoms with Crippen molar-refractivity contribution in [3.63, 3.8) is 0 Å². The molecule has 0 fully saturated rings. The van der Waals surface area contributed by atoms with E-state index in [0.717, 1.165) is 31.4 Å². The average Bonchev–Trinajstić information content (AvgIpc) is 2.84. The van der Waals surface area contributed by atoms with Crippen LogP contribution in [0.4, 0.5) is 0 Å². The Morgan fingerprint density at radius 1 is 0.818 bits per heavy atom. The van der Waals surface area contributed by atoms with E-state index in [0.29, 0.717) is 23.7 Å². The fourth-order valence-electron chi connectivity index (χ4n) is 3.10. The molecule has 1 atom stereocenters. The van der Waals surface area contributed by atoms with Gasteiger partial charge in [0.15, 0.2) is 0 Å². The van der Waals surface area contributed by atoms with Gasteiger partial charge >= 0.3 is 11.9 Å². The van der Waals surface area contributed by atoms with Crippen molar-refractivity contribution >= 4 is 11.9 Å². The van der Waals surface area contributed by atoms with Gasteiger partial charge in [-0.15, -0.1) is 6.58 Å². The number of esters is 2. The molecule has 0 aliphatic heterocycles. The van der Waals surface area contributed by atoms with Gasteiger partial charge in [0.1, 0.15) is 17.2 Å². The van der Waals surface area contributed by atoms with Gasteiger partial charge in [0.25, 0.3) is 0 Å². The third-order valence-electron chi connectivity index (χ3n) is 5.43. The summed E-state index contributed by atoms with van der Waals surface area (Å²) in [5.41, 5.74) is 0.439. The van der Waals surface area contributed by atoms with Crippen LogP contribution in [0.15, 0.2) is 61.2 Å². The van der Waals surface area contributed by atoms with Crippen molar-refractivity contribution in [1.82, 2.24) is 0 Å². The summed E-state index contributed by atoms with van der Waals surface area (Å²) in [5.74, 6) is 0.658. The summed E-state index contributed by atoms with van der Waals surface area (Å²) in [4.78, 5) is 24.2. The van der Waals surface area contributed by atoms with Crippen LogP contribution < -0.4 is 14.2 Å². The third-order valence-corrected chi connectivity index (χ3v) is 5.43. The van der Waals surface area contributed by atoms with Gasteiger partial charge in [0, 0.05) is 0 Å². The fourth-order valence-corrected chi connectivity index (χ4v) is 3.10. The normalized spacial score (nSPS) is 11.5. The molecular weight excluding hydrogens is 416 g/mol. The summed E-state index contributed by atoms with van der Waals surface area (Å²) in [5, 5.41) is 0. The molecule has 0 spiro atoms. The van der Waals surface area contributed by atoms with Crippen LogP contribution in [0.3, 0.4) is 0 Å². The lowest BCUT2D eigenvalue weighted by molar-refractivity contribution is -0.138. The molecule has 1 unspecified atom stereocenters. The highest BCUT2D eigenvalue weighted by atomic mass is 16.5. The molecule has 2 aromatic carbocycles. The zero-order chi connectivity index (χ0) is 23.9. The van der Waals surface area contributed by atoms with E-state index in [2.05, 4.69) is 6.58 Å². The van der Waals surface area contributed by atoms with E-state index in [1.54, 1.807) is 48.5 Å². The summed E-state index contributed by atoms with van der Waals surface area (Å²) < 4.78 is 16.5. The van der Waals surface area contributed by atoms with Crippen molar-refractivity contribution in [3.8, 4) is 17.2 Å². The van der Waals surface area contributed by atoms with Crippen LogP contribution in [0.25, 0.3) is 0 Å². The van der Waals surface area contributed by atoms with Crippen LogP contribution in [0.5, 0.6) is 17.2 Å². The highest BCUT2D eigenvalue weighted by Gasteiger charge is 2.14. The average molecular weight is 453 g/mol. The Hall–Kier alpha value is -3.08. The number of hydrogen-bond acceptors (Lipinski definition) is 5. The minimum absolute atomic E-state index is 0.160. The summed E-state index contributed by atoms with van der Waals surface area (Å²) >= 11 is 0. The molecule has 0 radical (unpaired) electrons. The number of allylic oxidation sites excluding steroid dienone is 1. The van der Waals surface area contributed by atoms with Gasteiger partial charge in [-0.05, 0) is 74.2 Å². The first-order valence-electron chi connectivity index (χ1n) is 11.9. The lowest BCUT2D eigenvalue weighted by atomic mass is 10.1. The summed E-state index contributed by atoms with van der Waals surface area (Å²) in [6, 6.07) is 13.4. The SMILES string of the molecule is C=CCCCCCCCCOc1ccc(C(=O)Oc2ccc(OC(=O)C(C)CC)cc2)cc1. The maximum Gasteiger partial charge on any atom is 0.343 e. The second kappa shape index (κ2) is 14.9. The van der Waals surface area contributed by atoms with Crippen molar-refractivity contribution < 1.29 is 23.8 Å². The molecule has 0 saturated heterocycles. The van der Waals surface area contributed by atoms with E-state index in [-0.39, 0.29) is 11.9 Å². The summed E-state index contributed by atoms with van der Waals surface area (Å²) in [7, 11) is 0. The van der Waals surface area contributed by atoms with Crippen molar-refractivity contribution in [1.29, 1.82) is 0 Å². The molecule has 0 amide bonds. The zero-order valence-electron chi connectivity index (χ0n) is 19.9. The largest absolute Gasteiger partial charge is 0.494 e. The van der Waals surface area contributed by atoms with Gasteiger partial charge in [0.2, 0.25) is 0 Å². The molecule has 0 aromatic heterocycles. The van der Waals surface area contributed by atoms with E-state index in [4.69, 9.17) is 14.2 Å². The highest BCUT2D eigenvalue weighted by molar-refractivity contribution is 5.91. The Morgan fingerprint density at radius 3 is 1.97 bits per heavy atom. The predicted molar refractivity (Wildman–Crippen MR) is 131 cm³/mol. The minimum Gasteiger partial charge on any atom is -0.494 e. The van der Waals surface area contributed by atoms with Crippen LogP contribution in [0, 0.1) is 5.92 Å². The molecule has 0 aliphatic carbocycles. The molecule has 0 saturated carbocycles. The van der Waals surface area contributed by atoms with Gasteiger partial charge in [-0.3, -0.25) is 4.79 Å². The Kier molecular flexibility index (Phi) is 11.8. The number of carbonyl (C=O) groups excluding carboxylic acids is 2. The Morgan fingerprint density at radius 2 is 1.36 bits per heavy atom. The maximum absolute atomic E-state index is 12.4. The van der Waals surface area contributed by atoms with Crippen molar-refractivity contribution in [2.24, 2.45) is 5.92 Å². The van der Waals surface area contributed by atoms with Gasteiger partial charge < -0.3 is 14.2 Å². The molecule has 0 heterocycles. The van der Waals surface area contributed by atoms with E-state index in [1.807, 2.05) is 19.9 Å². The summed E-state index contributed by atoms with van der Waals surface area (Å²) in [6.07, 6.45) is 11.0. The van der Waals surface area contributed by atoms with Crippen molar-refractivity contribution in [3.05, 3.63) is 66.7 Å². The number of benzene rings is 2. The summed E-state index contributed by atoms with van der Waals surface area (Å²) in [6.45, 7) is 8.17. The van der Waals surface area contributed by atoms with Crippen LogP contribution in [0.1, 0.15) is 75.6 Å². The maximum atomic E-state index is 12.4. The Labute approximate surface area is 197 Å². The smallest absolute Gasteiger partial charge is 0.343 e. The molecule has 0 bridgehead atoms. The second-order valence-electron chi connectivity index (χ2n) is 8.16. The van der Waals surface area contributed by atoms with E-state index >= 15 is 0 Å². The molecule has 5 heteroatoms. The van der Waals surface area contributed by atoms with Crippen molar-refractivity contribution in [2.75, 3.05) is 6.61 Å². The van der Waals surface area contributed by atoms with Crippen molar-refractivity contribution in [2.45, 2.75) is 65.2 Å². The molecule has 33 heavy (non-hydrogen) atoms. The van der Waals surface area contributed by atoms with Crippen LogP contribution >= 0.6 is 0 Å². The number of ether oxygens (including phenoxy) is 3. The van der Waals surface area contributed by atoms with Gasteiger partial charge in [-0.1, -0.05) is 45.6 Å². The fraction of sp³-hybridized carbons (Fsp3) is 0.429. The number of carbonyl (C=O) groups is 2. The van der Waals surface area contributed by atoms with E-state index in [9.17, 15) is 9.59 Å². The van der Waals surface area contributed by atoms with E-state index in [1.165, 1.54) is 25.7 Å². The standard InChI is InChI=1S/C28H36O5/c1-4-6-7-8-9-10-11-12-21-31-24-15-13-23(14-16-24)28(30)33-26-19-17-25(18-20-26)32-27(29)22(3)5-2/h4,13-20,22H,1,5-12,21H2,2-3H3. The first-order valence-corrected chi connectivity index (χ1v) is 11.9. The molecule has 2 aromatic rings. The monoisotopic (exact) mass is 452 g/mol. The molecule has 178 valence electrons. The third kappa shape index (κ3) is 9.94. The number of unbranched alkanes of at least 4 members (excludes halogenated alkanes) is 6. The van der Waals surface area contributed by atoms with Gasteiger partial charge in [-0.25, -0.2) is 4.79 Å². The topological polar surface area (TPSA) is 61.8 Å². The van der Waals surface area contributed by atoms with E-state index < -0.39 is 5.97 Å². The lowest BCUT2D eigenvalue weighted by Gasteiger charge is -2.10. The van der Waals surface area contributed by atoms with Crippen LogP contribution in [0.2, 0.25) is 0 Å².